The number of hydrogen-bond donors (Lipinski definition) is 2. The van der Waals surface area contributed by atoms with Crippen LogP contribution >= 0.6 is 0 Å². The maximum absolute atomic E-state index is 10.7. The number of anilines is 1. The summed E-state index contributed by atoms with van der Waals surface area (Å²) in [7, 11) is 1.59. The number of rotatable bonds is 5. The van der Waals surface area contributed by atoms with Gasteiger partial charge in [0, 0.05) is 26.0 Å². The lowest BCUT2D eigenvalue weighted by molar-refractivity contribution is 0.0697. The first-order chi connectivity index (χ1) is 6.75. The number of carbonyl (C=O) groups is 1. The van der Waals surface area contributed by atoms with Crippen LogP contribution in [0.5, 0.6) is 0 Å². The van der Waals surface area contributed by atoms with Crippen LogP contribution in [0.2, 0.25) is 0 Å². The minimum atomic E-state index is -0.988. The zero-order valence-electron chi connectivity index (χ0n) is 7.86. The van der Waals surface area contributed by atoms with E-state index in [1.54, 1.807) is 19.4 Å². The van der Waals surface area contributed by atoms with Crippen molar-refractivity contribution in [3.05, 3.63) is 24.0 Å². The molecule has 1 heterocycles. The fourth-order valence-corrected chi connectivity index (χ4v) is 1.01. The van der Waals surface area contributed by atoms with Crippen LogP contribution in [-0.4, -0.2) is 36.3 Å². The molecule has 76 valence electrons. The first kappa shape index (κ1) is 10.5. The minimum Gasteiger partial charge on any atom is -0.478 e. The highest BCUT2D eigenvalue weighted by molar-refractivity contribution is 5.93. The van der Waals surface area contributed by atoms with E-state index in [9.17, 15) is 4.79 Å². The largest absolute Gasteiger partial charge is 0.478 e. The second-order valence-corrected chi connectivity index (χ2v) is 2.65. The van der Waals surface area contributed by atoms with Crippen molar-refractivity contribution < 1.29 is 14.6 Å². The Morgan fingerprint density at radius 2 is 2.50 bits per heavy atom. The van der Waals surface area contributed by atoms with Crippen LogP contribution in [-0.2, 0) is 4.74 Å². The van der Waals surface area contributed by atoms with E-state index in [0.29, 0.717) is 18.8 Å². The van der Waals surface area contributed by atoms with E-state index in [1.807, 2.05) is 0 Å². The molecule has 0 aliphatic heterocycles. The number of aromatic nitrogens is 1. The third kappa shape index (κ3) is 2.70. The van der Waals surface area contributed by atoms with Gasteiger partial charge >= 0.3 is 5.97 Å². The minimum absolute atomic E-state index is 0.170. The second-order valence-electron chi connectivity index (χ2n) is 2.65. The molecule has 0 spiro atoms. The van der Waals surface area contributed by atoms with Gasteiger partial charge in [0.15, 0.2) is 0 Å². The van der Waals surface area contributed by atoms with E-state index in [-0.39, 0.29) is 5.56 Å². The summed E-state index contributed by atoms with van der Waals surface area (Å²) >= 11 is 0. The van der Waals surface area contributed by atoms with Crippen LogP contribution in [0.4, 0.5) is 5.69 Å². The average molecular weight is 196 g/mol. The molecule has 0 bridgehead atoms. The van der Waals surface area contributed by atoms with Crippen LogP contribution in [0.1, 0.15) is 10.4 Å². The molecule has 1 aromatic rings. The lowest BCUT2D eigenvalue weighted by Crippen LogP contribution is -2.11. The molecule has 0 radical (unpaired) electrons. The normalized spacial score (nSPS) is 9.79. The molecule has 1 aromatic heterocycles. The molecular weight excluding hydrogens is 184 g/mol. The summed E-state index contributed by atoms with van der Waals surface area (Å²) in [5, 5.41) is 11.8. The predicted molar refractivity (Wildman–Crippen MR) is 51.6 cm³/mol. The van der Waals surface area contributed by atoms with Gasteiger partial charge in [-0.25, -0.2) is 4.79 Å². The zero-order valence-corrected chi connectivity index (χ0v) is 7.86. The van der Waals surface area contributed by atoms with Crippen LogP contribution < -0.4 is 5.32 Å². The highest BCUT2D eigenvalue weighted by Gasteiger charge is 2.08. The molecule has 0 aliphatic rings. The molecule has 0 amide bonds. The van der Waals surface area contributed by atoms with E-state index >= 15 is 0 Å². The number of pyridine rings is 1. The van der Waals surface area contributed by atoms with Crippen molar-refractivity contribution in [2.24, 2.45) is 0 Å². The van der Waals surface area contributed by atoms with E-state index in [1.165, 1.54) is 6.20 Å². The number of ether oxygens (including phenoxy) is 1. The summed E-state index contributed by atoms with van der Waals surface area (Å²) in [6.07, 6.45) is 2.86. The Labute approximate surface area is 81.7 Å². The highest BCUT2D eigenvalue weighted by Crippen LogP contribution is 2.12. The molecule has 0 saturated heterocycles. The molecule has 14 heavy (non-hydrogen) atoms. The number of carboxylic acids is 1. The Morgan fingerprint density at radius 3 is 3.14 bits per heavy atom. The molecule has 0 aliphatic carbocycles. The molecule has 1 rings (SSSR count). The molecule has 5 heteroatoms. The zero-order chi connectivity index (χ0) is 10.4. The van der Waals surface area contributed by atoms with Gasteiger partial charge in [-0.1, -0.05) is 0 Å². The van der Waals surface area contributed by atoms with Gasteiger partial charge in [0.25, 0.3) is 0 Å². The third-order valence-electron chi connectivity index (χ3n) is 1.67. The van der Waals surface area contributed by atoms with Gasteiger partial charge in [0.2, 0.25) is 0 Å². The Kier molecular flexibility index (Phi) is 3.87. The summed E-state index contributed by atoms with van der Waals surface area (Å²) in [5.41, 5.74) is 0.730. The molecule has 0 atom stereocenters. The maximum Gasteiger partial charge on any atom is 0.339 e. The smallest absolute Gasteiger partial charge is 0.339 e. The Bertz CT molecular complexity index is 315. The Morgan fingerprint density at radius 1 is 1.71 bits per heavy atom. The number of aromatic carboxylic acids is 1. The third-order valence-corrected chi connectivity index (χ3v) is 1.67. The fraction of sp³-hybridized carbons (Fsp3) is 0.333. The van der Waals surface area contributed by atoms with E-state index in [0.717, 1.165) is 0 Å². The predicted octanol–water partition coefficient (Wildman–Crippen LogP) is 0.838. The fourth-order valence-electron chi connectivity index (χ4n) is 1.01. The van der Waals surface area contributed by atoms with Crippen molar-refractivity contribution in [1.82, 2.24) is 4.98 Å². The lowest BCUT2D eigenvalue weighted by atomic mass is 10.2. The van der Waals surface area contributed by atoms with E-state index in [2.05, 4.69) is 10.3 Å². The average Bonchev–Trinajstić information content (AvgIpc) is 2.19. The second kappa shape index (κ2) is 5.18. The van der Waals surface area contributed by atoms with Crippen molar-refractivity contribution in [2.75, 3.05) is 25.6 Å². The molecule has 0 saturated carbocycles. The number of hydrogen-bond acceptors (Lipinski definition) is 4. The monoisotopic (exact) mass is 196 g/mol. The first-order valence-corrected chi connectivity index (χ1v) is 4.16. The van der Waals surface area contributed by atoms with Crippen molar-refractivity contribution in [2.45, 2.75) is 0 Å². The highest BCUT2D eigenvalue weighted by atomic mass is 16.5. The van der Waals surface area contributed by atoms with E-state index < -0.39 is 5.97 Å². The summed E-state index contributed by atoms with van der Waals surface area (Å²) in [6, 6.07) is 1.62. The van der Waals surface area contributed by atoms with E-state index in [4.69, 9.17) is 9.84 Å². The number of carboxylic acid groups (broad SMARTS) is 1. The van der Waals surface area contributed by atoms with Gasteiger partial charge < -0.3 is 15.2 Å². The van der Waals surface area contributed by atoms with Crippen molar-refractivity contribution in [1.29, 1.82) is 0 Å². The van der Waals surface area contributed by atoms with Crippen LogP contribution in [0, 0.1) is 0 Å². The summed E-state index contributed by atoms with van der Waals surface area (Å²) in [6.45, 7) is 1.10. The van der Waals surface area contributed by atoms with Gasteiger partial charge in [0.1, 0.15) is 5.56 Å². The molecule has 0 fully saturated rings. The molecule has 2 N–H and O–H groups in total. The molecular formula is C9H12N2O3. The van der Waals surface area contributed by atoms with Gasteiger partial charge in [-0.3, -0.25) is 4.98 Å². The summed E-state index contributed by atoms with van der Waals surface area (Å²) in [4.78, 5) is 14.5. The Hall–Kier alpha value is -1.62. The van der Waals surface area contributed by atoms with Crippen LogP contribution in [0.15, 0.2) is 18.5 Å². The summed E-state index contributed by atoms with van der Waals surface area (Å²) in [5.74, 6) is -0.988. The molecule has 0 aromatic carbocycles. The quantitative estimate of drug-likeness (QED) is 0.683. The van der Waals surface area contributed by atoms with Gasteiger partial charge in [0.05, 0.1) is 12.3 Å². The Balaban J connectivity index is 2.69. The lowest BCUT2D eigenvalue weighted by Gasteiger charge is -2.07. The molecule has 0 unspecified atom stereocenters. The van der Waals surface area contributed by atoms with Crippen LogP contribution in [0.3, 0.4) is 0 Å². The van der Waals surface area contributed by atoms with Gasteiger partial charge in [-0.15, -0.1) is 0 Å². The first-order valence-electron chi connectivity index (χ1n) is 4.16. The number of nitrogens with one attached hydrogen (secondary N) is 1. The van der Waals surface area contributed by atoms with Gasteiger partial charge in [-0.2, -0.15) is 0 Å². The van der Waals surface area contributed by atoms with Crippen molar-refractivity contribution in [3.8, 4) is 0 Å². The number of methoxy groups -OCH3 is 1. The molecule has 5 nitrogen and oxygen atoms in total. The number of nitrogens with zero attached hydrogens (tertiary/aromatic N) is 1. The maximum atomic E-state index is 10.7. The van der Waals surface area contributed by atoms with Crippen molar-refractivity contribution in [3.63, 3.8) is 0 Å². The van der Waals surface area contributed by atoms with Gasteiger partial charge in [-0.05, 0) is 6.07 Å². The standard InChI is InChI=1S/C9H12N2O3/c1-14-5-4-11-8-2-3-10-6-7(8)9(12)13/h2-3,6H,4-5H2,1H3,(H,10,11)(H,12,13). The van der Waals surface area contributed by atoms with Crippen LogP contribution in [0.25, 0.3) is 0 Å². The van der Waals surface area contributed by atoms with Crippen molar-refractivity contribution >= 4 is 11.7 Å². The summed E-state index contributed by atoms with van der Waals surface area (Å²) < 4.78 is 4.84. The topological polar surface area (TPSA) is 71.5 Å². The SMILES string of the molecule is COCCNc1ccncc1C(=O)O.